The summed E-state index contributed by atoms with van der Waals surface area (Å²) in [5, 5.41) is 9.80. The molecule has 17 heavy (non-hydrogen) atoms. The number of rotatable bonds is 4. The lowest BCUT2D eigenvalue weighted by atomic mass is 10.2. The summed E-state index contributed by atoms with van der Waals surface area (Å²) in [5.41, 5.74) is 6.54. The van der Waals surface area contributed by atoms with Gasteiger partial charge in [-0.3, -0.25) is 4.79 Å². The molecular formula is C10H10FN5O. The number of hydrogen-bond acceptors (Lipinski definition) is 4. The lowest BCUT2D eigenvalue weighted by Crippen LogP contribution is -2.07. The fraction of sp³-hybridized carbons (Fsp3) is 0.100. The Morgan fingerprint density at radius 1 is 1.41 bits per heavy atom. The van der Waals surface area contributed by atoms with Crippen molar-refractivity contribution >= 4 is 18.0 Å². The second kappa shape index (κ2) is 4.60. The van der Waals surface area contributed by atoms with Crippen LogP contribution in [0.25, 0.3) is 0 Å². The van der Waals surface area contributed by atoms with E-state index in [0.717, 1.165) is 5.56 Å². The highest BCUT2D eigenvalue weighted by Gasteiger charge is 2.08. The average molecular weight is 235 g/mol. The van der Waals surface area contributed by atoms with E-state index in [9.17, 15) is 9.18 Å². The minimum absolute atomic E-state index is 0.210. The van der Waals surface area contributed by atoms with E-state index in [4.69, 9.17) is 5.73 Å². The van der Waals surface area contributed by atoms with E-state index in [1.807, 2.05) is 0 Å². The van der Waals surface area contributed by atoms with Gasteiger partial charge in [0.05, 0.1) is 6.54 Å². The van der Waals surface area contributed by atoms with Gasteiger partial charge in [-0.1, -0.05) is 17.3 Å². The maximum atomic E-state index is 12.7. The van der Waals surface area contributed by atoms with Gasteiger partial charge in [0.15, 0.2) is 11.6 Å². The van der Waals surface area contributed by atoms with Crippen molar-refractivity contribution in [2.75, 3.05) is 11.1 Å². The highest BCUT2D eigenvalue weighted by Crippen LogP contribution is 2.14. The number of halogens is 1. The molecule has 0 aliphatic carbocycles. The summed E-state index contributed by atoms with van der Waals surface area (Å²) < 4.78 is 14.1. The summed E-state index contributed by atoms with van der Waals surface area (Å²) in [5.74, 6) is 0.159. The zero-order valence-electron chi connectivity index (χ0n) is 8.80. The topological polar surface area (TPSA) is 85.8 Å². The zero-order chi connectivity index (χ0) is 12.3. The minimum atomic E-state index is -0.302. The molecule has 0 radical (unpaired) electrons. The van der Waals surface area contributed by atoms with Crippen LogP contribution in [0.15, 0.2) is 24.3 Å². The van der Waals surface area contributed by atoms with Crippen LogP contribution < -0.4 is 11.1 Å². The van der Waals surface area contributed by atoms with E-state index in [1.165, 1.54) is 16.8 Å². The van der Waals surface area contributed by atoms with Crippen LogP contribution in [0.5, 0.6) is 0 Å². The van der Waals surface area contributed by atoms with Crippen LogP contribution in [0.4, 0.5) is 16.0 Å². The van der Waals surface area contributed by atoms with Gasteiger partial charge in [0.1, 0.15) is 5.82 Å². The smallest absolute Gasteiger partial charge is 0.212 e. The van der Waals surface area contributed by atoms with Crippen LogP contribution in [0, 0.1) is 5.82 Å². The van der Waals surface area contributed by atoms with Gasteiger partial charge < -0.3 is 11.1 Å². The summed E-state index contributed by atoms with van der Waals surface area (Å²) in [6.07, 6.45) is 0.475. The Bertz CT molecular complexity index is 522. The summed E-state index contributed by atoms with van der Waals surface area (Å²) in [6.45, 7) is 0.361. The van der Waals surface area contributed by atoms with Crippen molar-refractivity contribution < 1.29 is 9.18 Å². The first kappa shape index (κ1) is 11.1. The fourth-order valence-corrected chi connectivity index (χ4v) is 1.36. The summed E-state index contributed by atoms with van der Waals surface area (Å²) in [6, 6.07) is 5.96. The Morgan fingerprint density at radius 2 is 2.12 bits per heavy atom. The number of nitrogen functional groups attached to an aromatic ring is 1. The molecule has 0 aliphatic heterocycles. The van der Waals surface area contributed by atoms with Crippen molar-refractivity contribution in [2.45, 2.75) is 6.54 Å². The monoisotopic (exact) mass is 235 g/mol. The zero-order valence-corrected chi connectivity index (χ0v) is 8.80. The van der Waals surface area contributed by atoms with Crippen LogP contribution in [0.1, 0.15) is 5.56 Å². The number of nitrogens with zero attached hydrogens (tertiary/aromatic N) is 3. The maximum absolute atomic E-state index is 12.7. The van der Waals surface area contributed by atoms with Crippen molar-refractivity contribution in [3.05, 3.63) is 35.6 Å². The third kappa shape index (κ3) is 2.39. The van der Waals surface area contributed by atoms with E-state index in [2.05, 4.69) is 15.6 Å². The number of anilines is 2. The van der Waals surface area contributed by atoms with E-state index in [1.54, 1.807) is 12.1 Å². The van der Waals surface area contributed by atoms with Gasteiger partial charge in [0.25, 0.3) is 0 Å². The molecule has 1 aromatic heterocycles. The molecule has 1 amide bonds. The van der Waals surface area contributed by atoms with Gasteiger partial charge >= 0.3 is 0 Å². The Balaban J connectivity index is 2.18. The predicted octanol–water partition coefficient (Wildman–Crippen LogP) is 0.616. The van der Waals surface area contributed by atoms with Crippen LogP contribution in [-0.2, 0) is 11.3 Å². The highest BCUT2D eigenvalue weighted by molar-refractivity contribution is 5.74. The van der Waals surface area contributed by atoms with Crippen LogP contribution in [0.3, 0.4) is 0 Å². The molecular weight excluding hydrogens is 225 g/mol. The second-order valence-corrected chi connectivity index (χ2v) is 3.37. The number of hydrogen-bond donors (Lipinski definition) is 2. The average Bonchev–Trinajstić information content (AvgIpc) is 2.65. The molecule has 2 rings (SSSR count). The van der Waals surface area contributed by atoms with Gasteiger partial charge in [-0.25, -0.2) is 9.07 Å². The Kier molecular flexibility index (Phi) is 2.99. The number of aromatic nitrogens is 3. The summed E-state index contributed by atoms with van der Waals surface area (Å²) in [7, 11) is 0. The van der Waals surface area contributed by atoms with Crippen molar-refractivity contribution in [3.63, 3.8) is 0 Å². The van der Waals surface area contributed by atoms with Gasteiger partial charge in [0, 0.05) is 0 Å². The third-order valence-electron chi connectivity index (χ3n) is 2.21. The Hall–Kier alpha value is -2.44. The number of amides is 1. The Morgan fingerprint density at radius 3 is 2.76 bits per heavy atom. The third-order valence-corrected chi connectivity index (χ3v) is 2.21. The summed E-state index contributed by atoms with van der Waals surface area (Å²) >= 11 is 0. The van der Waals surface area contributed by atoms with Crippen LogP contribution >= 0.6 is 0 Å². The van der Waals surface area contributed by atoms with E-state index in [0.29, 0.717) is 13.0 Å². The quantitative estimate of drug-likeness (QED) is 0.760. The first-order chi connectivity index (χ1) is 8.20. The lowest BCUT2D eigenvalue weighted by molar-refractivity contribution is -0.105. The molecule has 0 saturated carbocycles. The minimum Gasteiger partial charge on any atom is -0.381 e. The van der Waals surface area contributed by atoms with Crippen LogP contribution in [0.2, 0.25) is 0 Å². The fourth-order valence-electron chi connectivity index (χ4n) is 1.36. The van der Waals surface area contributed by atoms with Crippen molar-refractivity contribution in [2.24, 2.45) is 0 Å². The van der Waals surface area contributed by atoms with Crippen LogP contribution in [-0.4, -0.2) is 21.4 Å². The van der Waals surface area contributed by atoms with Crippen molar-refractivity contribution in [1.29, 1.82) is 0 Å². The number of carbonyl (C=O) groups excluding carboxylic acids is 1. The van der Waals surface area contributed by atoms with Crippen molar-refractivity contribution in [1.82, 2.24) is 15.0 Å². The molecule has 0 bridgehead atoms. The standard InChI is InChI=1S/C10H10FN5O/c11-8-3-1-7(2-4-8)5-16-9(12)10(13-6-17)14-15-16/h1-4,6H,5,12H2,(H,13,17). The predicted molar refractivity (Wildman–Crippen MR) is 59.6 cm³/mol. The molecule has 88 valence electrons. The molecule has 6 nitrogen and oxygen atoms in total. The van der Waals surface area contributed by atoms with E-state index < -0.39 is 0 Å². The Labute approximate surface area is 96.2 Å². The molecule has 0 unspecified atom stereocenters. The lowest BCUT2D eigenvalue weighted by Gasteiger charge is -2.03. The molecule has 3 N–H and O–H groups in total. The number of benzene rings is 1. The second-order valence-electron chi connectivity index (χ2n) is 3.37. The van der Waals surface area contributed by atoms with Gasteiger partial charge in [-0.05, 0) is 17.7 Å². The molecule has 0 atom stereocenters. The van der Waals surface area contributed by atoms with Crippen molar-refractivity contribution in [3.8, 4) is 0 Å². The van der Waals surface area contributed by atoms with E-state index in [-0.39, 0.29) is 17.5 Å². The van der Waals surface area contributed by atoms with E-state index >= 15 is 0 Å². The van der Waals surface area contributed by atoms with Gasteiger partial charge in [0.2, 0.25) is 6.41 Å². The largest absolute Gasteiger partial charge is 0.381 e. The SMILES string of the molecule is Nc1c(NC=O)nnn1Cc1ccc(F)cc1. The van der Waals surface area contributed by atoms with Gasteiger partial charge in [-0.15, -0.1) is 5.10 Å². The maximum Gasteiger partial charge on any atom is 0.212 e. The molecule has 0 saturated heterocycles. The highest BCUT2D eigenvalue weighted by atomic mass is 19.1. The molecule has 1 aromatic carbocycles. The first-order valence-electron chi connectivity index (χ1n) is 4.84. The molecule has 0 fully saturated rings. The number of nitrogens with two attached hydrogens (primary N) is 1. The molecule has 1 heterocycles. The molecule has 0 aliphatic rings. The molecule has 2 aromatic rings. The summed E-state index contributed by atoms with van der Waals surface area (Å²) in [4.78, 5) is 10.2. The molecule has 0 spiro atoms. The number of nitrogens with one attached hydrogen (secondary N) is 1. The molecule has 7 heteroatoms. The number of carbonyl (C=O) groups is 1. The van der Waals surface area contributed by atoms with Gasteiger partial charge in [-0.2, -0.15) is 0 Å². The first-order valence-corrected chi connectivity index (χ1v) is 4.84. The normalized spacial score (nSPS) is 10.2.